The molecule has 3 heteroatoms. The van der Waals surface area contributed by atoms with Crippen molar-refractivity contribution in [1.29, 1.82) is 0 Å². The Balaban J connectivity index is 1.07. The lowest BCUT2D eigenvalue weighted by Gasteiger charge is -2.13. The Morgan fingerprint density at radius 3 is 1.92 bits per heavy atom. The van der Waals surface area contributed by atoms with Crippen LogP contribution in [0.1, 0.15) is 0 Å². The van der Waals surface area contributed by atoms with Crippen LogP contribution >= 0.6 is 0 Å². The summed E-state index contributed by atoms with van der Waals surface area (Å²) in [5.74, 6) is 0.982. The molecule has 0 saturated carbocycles. The van der Waals surface area contributed by atoms with Gasteiger partial charge in [-0.3, -0.25) is 4.57 Å². The van der Waals surface area contributed by atoms with E-state index in [1.54, 1.807) is 0 Å². The SMILES string of the molecule is c1ccc(-n2c3ccccc3c3cc(-c4ccc5c(ccc6c5c5ccccc5n6-c5ncc6cccc7c6c5-c5ccccc5-7)c4)ccc32)cc1. The molecular weight excluding hydrogens is 631 g/mol. The summed E-state index contributed by atoms with van der Waals surface area (Å²) >= 11 is 0. The summed E-state index contributed by atoms with van der Waals surface area (Å²) in [5.41, 5.74) is 13.4. The highest BCUT2D eigenvalue weighted by Gasteiger charge is 2.27. The number of para-hydroxylation sites is 3. The van der Waals surface area contributed by atoms with Crippen LogP contribution in [0.2, 0.25) is 0 Å². The first-order valence-electron chi connectivity index (χ1n) is 17.9. The van der Waals surface area contributed by atoms with Crippen LogP contribution in [-0.4, -0.2) is 14.1 Å². The fourth-order valence-electron chi connectivity index (χ4n) is 9.06. The van der Waals surface area contributed by atoms with Gasteiger partial charge in [0.05, 0.1) is 22.1 Å². The molecule has 0 unspecified atom stereocenters. The number of rotatable bonds is 3. The molecule has 1 aliphatic rings. The number of benzene rings is 8. The second kappa shape index (κ2) is 10.3. The quantitative estimate of drug-likeness (QED) is 0.185. The number of hydrogen-bond acceptors (Lipinski definition) is 1. The lowest BCUT2D eigenvalue weighted by Crippen LogP contribution is -2.00. The van der Waals surface area contributed by atoms with Gasteiger partial charge < -0.3 is 4.57 Å². The van der Waals surface area contributed by atoms with Crippen molar-refractivity contribution in [2.75, 3.05) is 0 Å². The van der Waals surface area contributed by atoms with E-state index in [1.165, 1.54) is 104 Å². The van der Waals surface area contributed by atoms with E-state index in [-0.39, 0.29) is 0 Å². The summed E-state index contributed by atoms with van der Waals surface area (Å²) in [5, 5.41) is 9.95. The van der Waals surface area contributed by atoms with Crippen molar-refractivity contribution in [2.24, 2.45) is 0 Å². The molecule has 0 saturated heterocycles. The smallest absolute Gasteiger partial charge is 0.146 e. The largest absolute Gasteiger partial charge is 0.309 e. The normalized spacial score (nSPS) is 12.2. The molecule has 0 atom stereocenters. The maximum absolute atomic E-state index is 5.22. The molecule has 0 amide bonds. The molecule has 3 heterocycles. The molecule has 12 rings (SSSR count). The Bertz CT molecular complexity index is 3290. The Morgan fingerprint density at radius 2 is 1.04 bits per heavy atom. The summed E-state index contributed by atoms with van der Waals surface area (Å²) in [6.45, 7) is 0. The zero-order chi connectivity index (χ0) is 33.9. The van der Waals surface area contributed by atoms with Crippen molar-refractivity contribution in [3.8, 4) is 44.9 Å². The van der Waals surface area contributed by atoms with Crippen molar-refractivity contribution in [1.82, 2.24) is 14.1 Å². The van der Waals surface area contributed by atoms with E-state index in [1.807, 2.05) is 6.20 Å². The van der Waals surface area contributed by atoms with Gasteiger partial charge in [-0.25, -0.2) is 4.98 Å². The predicted molar refractivity (Wildman–Crippen MR) is 218 cm³/mol. The van der Waals surface area contributed by atoms with Crippen molar-refractivity contribution in [2.45, 2.75) is 0 Å². The monoisotopic (exact) mass is 659 g/mol. The molecule has 3 aromatic heterocycles. The van der Waals surface area contributed by atoms with Gasteiger partial charge in [0.2, 0.25) is 0 Å². The van der Waals surface area contributed by atoms with Gasteiger partial charge in [0.1, 0.15) is 5.82 Å². The van der Waals surface area contributed by atoms with E-state index >= 15 is 0 Å². The minimum Gasteiger partial charge on any atom is -0.309 e. The number of hydrogen-bond donors (Lipinski definition) is 0. The van der Waals surface area contributed by atoms with E-state index in [4.69, 9.17) is 4.98 Å². The minimum atomic E-state index is 0.982. The van der Waals surface area contributed by atoms with E-state index in [0.29, 0.717) is 0 Å². The third-order valence-electron chi connectivity index (χ3n) is 11.3. The third kappa shape index (κ3) is 3.66. The fraction of sp³-hybridized carbons (Fsp3) is 0. The average molecular weight is 660 g/mol. The van der Waals surface area contributed by atoms with Crippen LogP contribution in [0.4, 0.5) is 0 Å². The van der Waals surface area contributed by atoms with E-state index < -0.39 is 0 Å². The lowest BCUT2D eigenvalue weighted by molar-refractivity contribution is 1.09. The van der Waals surface area contributed by atoms with Crippen LogP contribution in [0.15, 0.2) is 176 Å². The van der Waals surface area contributed by atoms with E-state index in [0.717, 1.165) is 5.82 Å². The summed E-state index contributed by atoms with van der Waals surface area (Å²) in [6.07, 6.45) is 2.05. The molecule has 0 fully saturated rings. The predicted octanol–water partition coefficient (Wildman–Crippen LogP) is 12.9. The third-order valence-corrected chi connectivity index (χ3v) is 11.3. The molecule has 0 bridgehead atoms. The van der Waals surface area contributed by atoms with Gasteiger partial charge in [-0.05, 0) is 87.1 Å². The highest BCUT2D eigenvalue weighted by Crippen LogP contribution is 2.50. The molecule has 240 valence electrons. The topological polar surface area (TPSA) is 22.8 Å². The number of fused-ring (bicyclic) bond motifs is 11. The lowest BCUT2D eigenvalue weighted by atomic mass is 9.97. The molecule has 0 N–H and O–H groups in total. The summed E-state index contributed by atoms with van der Waals surface area (Å²) < 4.78 is 4.76. The number of nitrogens with zero attached hydrogens (tertiary/aromatic N) is 3. The molecular formula is C49H29N3. The van der Waals surface area contributed by atoms with Crippen LogP contribution < -0.4 is 0 Å². The molecule has 8 aromatic carbocycles. The average Bonchev–Trinajstić information content (AvgIpc) is 3.85. The van der Waals surface area contributed by atoms with Crippen molar-refractivity contribution >= 4 is 65.2 Å². The zero-order valence-electron chi connectivity index (χ0n) is 28.1. The fourth-order valence-corrected chi connectivity index (χ4v) is 9.06. The van der Waals surface area contributed by atoms with E-state index in [2.05, 4.69) is 179 Å². The first-order valence-corrected chi connectivity index (χ1v) is 17.9. The summed E-state index contributed by atoms with van der Waals surface area (Å²) in [4.78, 5) is 5.22. The summed E-state index contributed by atoms with van der Waals surface area (Å²) in [7, 11) is 0. The summed E-state index contributed by atoms with van der Waals surface area (Å²) in [6, 6.07) is 62.0. The number of pyridine rings is 1. The van der Waals surface area contributed by atoms with Gasteiger partial charge in [-0.1, -0.05) is 121 Å². The van der Waals surface area contributed by atoms with Gasteiger partial charge in [0, 0.05) is 49.8 Å². The van der Waals surface area contributed by atoms with Crippen LogP contribution in [0.3, 0.4) is 0 Å². The van der Waals surface area contributed by atoms with Crippen molar-refractivity contribution in [3.05, 3.63) is 176 Å². The van der Waals surface area contributed by atoms with E-state index in [9.17, 15) is 0 Å². The van der Waals surface area contributed by atoms with Crippen LogP contribution in [0, 0.1) is 0 Å². The Labute approximate surface area is 299 Å². The maximum atomic E-state index is 5.22. The van der Waals surface area contributed by atoms with Gasteiger partial charge in [0.25, 0.3) is 0 Å². The van der Waals surface area contributed by atoms with Gasteiger partial charge >= 0.3 is 0 Å². The van der Waals surface area contributed by atoms with Crippen LogP contribution in [-0.2, 0) is 0 Å². The first-order chi connectivity index (χ1) is 25.8. The minimum absolute atomic E-state index is 0.982. The molecule has 0 aliphatic heterocycles. The molecule has 3 nitrogen and oxygen atoms in total. The molecule has 52 heavy (non-hydrogen) atoms. The second-order valence-electron chi connectivity index (χ2n) is 13.9. The Kier molecular flexibility index (Phi) is 5.50. The molecule has 11 aromatic rings. The van der Waals surface area contributed by atoms with Crippen molar-refractivity contribution < 1.29 is 0 Å². The standard InChI is InChI=1S/C49H29N3/c1-2-12-34(13-3-1)51-42-19-8-6-15-37(42)41-28-31(22-25-44(41)51)30-21-24-35-32(27-30)23-26-45-47(35)40-17-7-9-20-43(40)52(45)49-48-39-16-5-4-14-36(39)38-18-10-11-33(29-50-49)46(38)48/h1-29H. The van der Waals surface area contributed by atoms with Gasteiger partial charge in [0.15, 0.2) is 0 Å². The first kappa shape index (κ1) is 27.8. The molecule has 0 radical (unpaired) electrons. The van der Waals surface area contributed by atoms with Gasteiger partial charge in [-0.2, -0.15) is 0 Å². The molecule has 1 aliphatic carbocycles. The highest BCUT2D eigenvalue weighted by molar-refractivity contribution is 6.23. The zero-order valence-corrected chi connectivity index (χ0v) is 28.1. The Morgan fingerprint density at radius 1 is 0.365 bits per heavy atom. The van der Waals surface area contributed by atoms with Gasteiger partial charge in [-0.15, -0.1) is 0 Å². The van der Waals surface area contributed by atoms with Crippen molar-refractivity contribution in [3.63, 3.8) is 0 Å². The van der Waals surface area contributed by atoms with Crippen LogP contribution in [0.5, 0.6) is 0 Å². The van der Waals surface area contributed by atoms with Crippen LogP contribution in [0.25, 0.3) is 110 Å². The number of aromatic nitrogens is 3. The molecule has 0 spiro atoms. The Hall–Kier alpha value is -6.97. The second-order valence-corrected chi connectivity index (χ2v) is 13.9. The maximum Gasteiger partial charge on any atom is 0.146 e. The highest BCUT2D eigenvalue weighted by atomic mass is 15.1.